The predicted molar refractivity (Wildman–Crippen MR) is 82.1 cm³/mol. The lowest BCUT2D eigenvalue weighted by Gasteiger charge is -2.08. The number of pyridine rings is 1. The number of nitrogens with zero attached hydrogens (tertiary/aromatic N) is 1. The van der Waals surface area contributed by atoms with Crippen LogP contribution in [0.4, 0.5) is 0 Å². The molecule has 0 saturated heterocycles. The lowest BCUT2D eigenvalue weighted by Crippen LogP contribution is -2.17. The maximum atomic E-state index is 10.9. The summed E-state index contributed by atoms with van der Waals surface area (Å²) >= 11 is 0. The first-order valence-electron chi connectivity index (χ1n) is 7.09. The fraction of sp³-hybridized carbons (Fsp3) is 0.294. The van der Waals surface area contributed by atoms with Gasteiger partial charge in [0.1, 0.15) is 0 Å². The SMILES string of the molecule is CC(C(=O)O)c1ccc(CNCCc2ccccn2)cc1. The molecule has 4 heteroatoms. The Bertz CT molecular complexity index is 567. The van der Waals surface area contributed by atoms with Gasteiger partial charge in [0.25, 0.3) is 0 Å². The van der Waals surface area contributed by atoms with Crippen molar-refractivity contribution in [1.82, 2.24) is 10.3 Å². The van der Waals surface area contributed by atoms with Crippen molar-refractivity contribution < 1.29 is 9.90 Å². The van der Waals surface area contributed by atoms with Crippen molar-refractivity contribution in [3.63, 3.8) is 0 Å². The Balaban J connectivity index is 1.77. The fourth-order valence-corrected chi connectivity index (χ4v) is 2.06. The molecule has 21 heavy (non-hydrogen) atoms. The second-order valence-electron chi connectivity index (χ2n) is 5.05. The molecule has 0 aliphatic heterocycles. The first-order valence-corrected chi connectivity index (χ1v) is 7.09. The summed E-state index contributed by atoms with van der Waals surface area (Å²) in [6, 6.07) is 13.6. The molecule has 0 aliphatic rings. The number of hydrogen-bond donors (Lipinski definition) is 2. The summed E-state index contributed by atoms with van der Waals surface area (Å²) in [6.45, 7) is 3.33. The number of carboxylic acid groups (broad SMARTS) is 1. The molecular formula is C17H20N2O2. The van der Waals surface area contributed by atoms with Gasteiger partial charge in [-0.05, 0) is 30.2 Å². The summed E-state index contributed by atoms with van der Waals surface area (Å²) in [5.41, 5.74) is 3.06. The third-order valence-electron chi connectivity index (χ3n) is 3.46. The fourth-order valence-electron chi connectivity index (χ4n) is 2.06. The van der Waals surface area contributed by atoms with E-state index in [4.69, 9.17) is 5.11 Å². The lowest BCUT2D eigenvalue weighted by molar-refractivity contribution is -0.138. The van der Waals surface area contributed by atoms with E-state index in [2.05, 4.69) is 10.3 Å². The van der Waals surface area contributed by atoms with Crippen LogP contribution in [0.1, 0.15) is 29.7 Å². The van der Waals surface area contributed by atoms with Crippen LogP contribution < -0.4 is 5.32 Å². The van der Waals surface area contributed by atoms with E-state index in [1.54, 1.807) is 13.1 Å². The second-order valence-corrected chi connectivity index (χ2v) is 5.05. The molecule has 1 atom stereocenters. The third kappa shape index (κ3) is 4.68. The van der Waals surface area contributed by atoms with Gasteiger partial charge in [-0.1, -0.05) is 30.3 Å². The zero-order valence-corrected chi connectivity index (χ0v) is 12.1. The molecule has 4 nitrogen and oxygen atoms in total. The van der Waals surface area contributed by atoms with Gasteiger partial charge < -0.3 is 10.4 Å². The zero-order valence-electron chi connectivity index (χ0n) is 12.1. The molecule has 0 bridgehead atoms. The van der Waals surface area contributed by atoms with Crippen LogP contribution in [0, 0.1) is 0 Å². The van der Waals surface area contributed by atoms with Crippen molar-refractivity contribution in [2.45, 2.75) is 25.8 Å². The highest BCUT2D eigenvalue weighted by atomic mass is 16.4. The van der Waals surface area contributed by atoms with Crippen molar-refractivity contribution in [3.05, 3.63) is 65.5 Å². The van der Waals surface area contributed by atoms with E-state index in [9.17, 15) is 4.79 Å². The summed E-state index contributed by atoms with van der Waals surface area (Å²) in [5, 5.41) is 12.3. The van der Waals surface area contributed by atoms with Crippen molar-refractivity contribution in [2.75, 3.05) is 6.54 Å². The number of carbonyl (C=O) groups is 1. The standard InChI is InChI=1S/C17H20N2O2/c1-13(17(20)21)15-7-5-14(6-8-15)12-18-11-9-16-4-2-3-10-19-16/h2-8,10,13,18H,9,11-12H2,1H3,(H,20,21). The van der Waals surface area contributed by atoms with Crippen LogP contribution in [0.5, 0.6) is 0 Å². The minimum atomic E-state index is -0.795. The zero-order chi connectivity index (χ0) is 15.1. The quantitative estimate of drug-likeness (QED) is 0.767. The lowest BCUT2D eigenvalue weighted by atomic mass is 10.00. The number of carboxylic acids is 1. The number of hydrogen-bond acceptors (Lipinski definition) is 3. The average Bonchev–Trinajstić information content (AvgIpc) is 2.52. The normalized spacial score (nSPS) is 12.0. The van der Waals surface area contributed by atoms with Gasteiger partial charge in [0, 0.05) is 31.4 Å². The molecule has 1 unspecified atom stereocenters. The largest absolute Gasteiger partial charge is 0.481 e. The average molecular weight is 284 g/mol. The summed E-state index contributed by atoms with van der Waals surface area (Å²) in [6.07, 6.45) is 2.70. The van der Waals surface area contributed by atoms with Crippen LogP contribution in [0.25, 0.3) is 0 Å². The highest BCUT2D eigenvalue weighted by molar-refractivity contribution is 5.75. The molecule has 0 aliphatic carbocycles. The highest BCUT2D eigenvalue weighted by Crippen LogP contribution is 2.15. The van der Waals surface area contributed by atoms with E-state index in [0.717, 1.165) is 36.3 Å². The molecule has 2 N–H and O–H groups in total. The molecule has 0 radical (unpaired) electrons. The van der Waals surface area contributed by atoms with Crippen LogP contribution in [0.15, 0.2) is 48.7 Å². The maximum Gasteiger partial charge on any atom is 0.310 e. The Hall–Kier alpha value is -2.20. The van der Waals surface area contributed by atoms with Gasteiger partial charge >= 0.3 is 5.97 Å². The van der Waals surface area contributed by atoms with Gasteiger partial charge in [0.15, 0.2) is 0 Å². The van der Waals surface area contributed by atoms with Crippen molar-refractivity contribution >= 4 is 5.97 Å². The van der Waals surface area contributed by atoms with E-state index in [0.29, 0.717) is 0 Å². The van der Waals surface area contributed by atoms with Gasteiger partial charge in [0.2, 0.25) is 0 Å². The minimum absolute atomic E-state index is 0.462. The van der Waals surface area contributed by atoms with E-state index in [1.807, 2.05) is 42.5 Å². The van der Waals surface area contributed by atoms with E-state index in [1.165, 1.54) is 0 Å². The minimum Gasteiger partial charge on any atom is -0.481 e. The molecule has 0 saturated carbocycles. The molecule has 1 aromatic heterocycles. The summed E-state index contributed by atoms with van der Waals surface area (Å²) in [7, 11) is 0. The van der Waals surface area contributed by atoms with Crippen molar-refractivity contribution in [3.8, 4) is 0 Å². The summed E-state index contributed by atoms with van der Waals surface area (Å²) < 4.78 is 0. The maximum absolute atomic E-state index is 10.9. The van der Waals surface area contributed by atoms with Crippen LogP contribution in [0.3, 0.4) is 0 Å². The van der Waals surface area contributed by atoms with Gasteiger partial charge in [-0.2, -0.15) is 0 Å². The molecule has 1 aromatic carbocycles. The molecule has 0 fully saturated rings. The Morgan fingerprint density at radius 3 is 2.62 bits per heavy atom. The van der Waals surface area contributed by atoms with Gasteiger partial charge in [-0.3, -0.25) is 9.78 Å². The smallest absolute Gasteiger partial charge is 0.310 e. The molecule has 0 amide bonds. The number of benzene rings is 1. The molecule has 2 rings (SSSR count). The van der Waals surface area contributed by atoms with Crippen LogP contribution >= 0.6 is 0 Å². The predicted octanol–water partition coefficient (Wildman–Crippen LogP) is 2.60. The molecule has 1 heterocycles. The van der Waals surface area contributed by atoms with Gasteiger partial charge in [0.05, 0.1) is 5.92 Å². The molecule has 0 spiro atoms. The number of nitrogens with one attached hydrogen (secondary N) is 1. The summed E-state index contributed by atoms with van der Waals surface area (Å²) in [4.78, 5) is 15.2. The van der Waals surface area contributed by atoms with Gasteiger partial charge in [-0.25, -0.2) is 0 Å². The van der Waals surface area contributed by atoms with E-state index < -0.39 is 11.9 Å². The van der Waals surface area contributed by atoms with Gasteiger partial charge in [-0.15, -0.1) is 0 Å². The number of rotatable bonds is 7. The Kier molecular flexibility index (Phi) is 5.46. The van der Waals surface area contributed by atoms with Crippen LogP contribution in [0.2, 0.25) is 0 Å². The summed E-state index contributed by atoms with van der Waals surface area (Å²) in [5.74, 6) is -1.26. The Morgan fingerprint density at radius 2 is 2.00 bits per heavy atom. The number of aliphatic carboxylic acids is 1. The van der Waals surface area contributed by atoms with E-state index in [-0.39, 0.29) is 0 Å². The molecular weight excluding hydrogens is 264 g/mol. The Labute approximate surface area is 124 Å². The number of aromatic nitrogens is 1. The van der Waals surface area contributed by atoms with Crippen molar-refractivity contribution in [1.29, 1.82) is 0 Å². The molecule has 110 valence electrons. The second kappa shape index (κ2) is 7.55. The van der Waals surface area contributed by atoms with Crippen LogP contribution in [-0.2, 0) is 17.8 Å². The Morgan fingerprint density at radius 1 is 1.24 bits per heavy atom. The first kappa shape index (κ1) is 15.2. The topological polar surface area (TPSA) is 62.2 Å². The molecule has 2 aromatic rings. The van der Waals surface area contributed by atoms with E-state index >= 15 is 0 Å². The first-order chi connectivity index (χ1) is 10.2. The van der Waals surface area contributed by atoms with Crippen LogP contribution in [-0.4, -0.2) is 22.6 Å². The van der Waals surface area contributed by atoms with Crippen molar-refractivity contribution in [2.24, 2.45) is 0 Å². The highest BCUT2D eigenvalue weighted by Gasteiger charge is 2.12. The monoisotopic (exact) mass is 284 g/mol. The third-order valence-corrected chi connectivity index (χ3v) is 3.46.